The van der Waals surface area contributed by atoms with Crippen LogP contribution in [0.4, 0.5) is 0 Å². The van der Waals surface area contributed by atoms with Crippen molar-refractivity contribution in [1.29, 1.82) is 0 Å². The minimum atomic E-state index is 0. The molecular formula is C7H9Cl2Hf-3. The summed E-state index contributed by atoms with van der Waals surface area (Å²) >= 11 is 0. The molecule has 0 aliphatic carbocycles. The SMILES string of the molecule is Cc1c[cH-]c(C)c1.[Cl-].[Cl-].[Hf]. The van der Waals surface area contributed by atoms with Crippen molar-refractivity contribution < 1.29 is 50.7 Å². The summed E-state index contributed by atoms with van der Waals surface area (Å²) < 4.78 is 0. The Labute approximate surface area is 93.4 Å². The summed E-state index contributed by atoms with van der Waals surface area (Å²) in [6.07, 6.45) is 0. The normalized spacial score (nSPS) is 6.60. The van der Waals surface area contributed by atoms with E-state index in [0.29, 0.717) is 0 Å². The maximum absolute atomic E-state index is 2.17. The molecule has 0 atom stereocenters. The van der Waals surface area contributed by atoms with Crippen LogP contribution in [-0.2, 0) is 25.8 Å². The van der Waals surface area contributed by atoms with Crippen molar-refractivity contribution in [3.05, 3.63) is 29.3 Å². The zero-order valence-electron chi connectivity index (χ0n) is 5.99. The molecule has 1 rings (SSSR count). The van der Waals surface area contributed by atoms with Gasteiger partial charge < -0.3 is 24.8 Å². The fourth-order valence-electron chi connectivity index (χ4n) is 0.718. The third-order valence-electron chi connectivity index (χ3n) is 1.06. The van der Waals surface area contributed by atoms with Gasteiger partial charge in [-0.2, -0.15) is 17.7 Å². The average Bonchev–Trinajstić information content (AvgIpc) is 1.87. The Bertz CT molecular complexity index is 144. The van der Waals surface area contributed by atoms with Crippen LogP contribution < -0.4 is 24.8 Å². The van der Waals surface area contributed by atoms with E-state index in [-0.39, 0.29) is 50.7 Å². The number of hydrogen-bond donors (Lipinski definition) is 0. The van der Waals surface area contributed by atoms with Crippen molar-refractivity contribution >= 4 is 0 Å². The molecule has 1 aromatic rings. The Morgan fingerprint density at radius 2 is 1.70 bits per heavy atom. The molecule has 0 N–H and O–H groups in total. The van der Waals surface area contributed by atoms with Gasteiger partial charge >= 0.3 is 0 Å². The summed E-state index contributed by atoms with van der Waals surface area (Å²) in [6, 6.07) is 6.41. The molecule has 0 bridgehead atoms. The first-order valence-electron chi connectivity index (χ1n) is 2.49. The summed E-state index contributed by atoms with van der Waals surface area (Å²) in [7, 11) is 0. The van der Waals surface area contributed by atoms with Crippen molar-refractivity contribution in [3.63, 3.8) is 0 Å². The first kappa shape index (κ1) is 17.0. The summed E-state index contributed by atoms with van der Waals surface area (Å²) in [4.78, 5) is 0. The maximum Gasteiger partial charge on any atom is 0 e. The molecule has 0 heterocycles. The van der Waals surface area contributed by atoms with E-state index in [1.165, 1.54) is 11.1 Å². The van der Waals surface area contributed by atoms with Gasteiger partial charge in [-0.1, -0.05) is 13.8 Å². The maximum atomic E-state index is 2.17. The molecule has 0 saturated heterocycles. The second kappa shape index (κ2) is 7.90. The van der Waals surface area contributed by atoms with E-state index in [2.05, 4.69) is 32.0 Å². The molecule has 0 unspecified atom stereocenters. The zero-order chi connectivity index (χ0) is 5.28. The van der Waals surface area contributed by atoms with E-state index in [9.17, 15) is 0 Å². The van der Waals surface area contributed by atoms with Crippen LogP contribution in [0.15, 0.2) is 18.2 Å². The second-order valence-corrected chi connectivity index (χ2v) is 1.97. The standard InChI is InChI=1S/C7H9.2ClH.Hf/c1-6-3-4-7(2)5-6;;;/h3-5H,1-2H3;2*1H;/q-1;;;/p-2. The quantitative estimate of drug-likeness (QED) is 0.333. The topological polar surface area (TPSA) is 0 Å². The molecular weight excluding hydrogens is 333 g/mol. The molecule has 0 aromatic heterocycles. The zero-order valence-corrected chi connectivity index (χ0v) is 11.1. The Morgan fingerprint density at radius 1 is 1.20 bits per heavy atom. The average molecular weight is 343 g/mol. The van der Waals surface area contributed by atoms with Crippen molar-refractivity contribution in [3.8, 4) is 0 Å². The van der Waals surface area contributed by atoms with Crippen LogP contribution in [0.25, 0.3) is 0 Å². The predicted octanol–water partition coefficient (Wildman–Crippen LogP) is -3.97. The molecule has 1 aromatic carbocycles. The van der Waals surface area contributed by atoms with E-state index in [0.717, 1.165) is 0 Å². The Balaban J connectivity index is -0.000000163. The van der Waals surface area contributed by atoms with Crippen LogP contribution in [0.5, 0.6) is 0 Å². The smallest absolute Gasteiger partial charge is 0 e. The van der Waals surface area contributed by atoms with E-state index in [4.69, 9.17) is 0 Å². The number of halogens is 2. The van der Waals surface area contributed by atoms with Gasteiger partial charge in [-0.3, -0.25) is 0 Å². The monoisotopic (exact) mass is 343 g/mol. The molecule has 0 nitrogen and oxygen atoms in total. The van der Waals surface area contributed by atoms with E-state index < -0.39 is 0 Å². The van der Waals surface area contributed by atoms with E-state index >= 15 is 0 Å². The minimum Gasteiger partial charge on any atom is -1.00 e. The van der Waals surface area contributed by atoms with Gasteiger partial charge in [-0.05, 0) is 0 Å². The number of hydrogen-bond acceptors (Lipinski definition) is 0. The van der Waals surface area contributed by atoms with Crippen LogP contribution >= 0.6 is 0 Å². The summed E-state index contributed by atoms with van der Waals surface area (Å²) in [6.45, 7) is 4.21. The fraction of sp³-hybridized carbons (Fsp3) is 0.286. The van der Waals surface area contributed by atoms with Crippen molar-refractivity contribution in [2.75, 3.05) is 0 Å². The van der Waals surface area contributed by atoms with Gasteiger partial charge in [0.2, 0.25) is 0 Å². The van der Waals surface area contributed by atoms with Gasteiger partial charge in [0.15, 0.2) is 0 Å². The van der Waals surface area contributed by atoms with Gasteiger partial charge in [0, 0.05) is 25.8 Å². The van der Waals surface area contributed by atoms with Crippen molar-refractivity contribution in [2.45, 2.75) is 13.8 Å². The molecule has 0 fully saturated rings. The minimum absolute atomic E-state index is 0. The van der Waals surface area contributed by atoms with Crippen molar-refractivity contribution in [2.24, 2.45) is 0 Å². The molecule has 0 spiro atoms. The molecule has 10 heavy (non-hydrogen) atoms. The van der Waals surface area contributed by atoms with Gasteiger partial charge in [-0.25, -0.2) is 11.6 Å². The van der Waals surface area contributed by atoms with Gasteiger partial charge in [0.1, 0.15) is 0 Å². The molecule has 0 saturated carbocycles. The molecule has 3 heteroatoms. The first-order valence-corrected chi connectivity index (χ1v) is 2.49. The van der Waals surface area contributed by atoms with E-state index in [1.807, 2.05) is 0 Å². The van der Waals surface area contributed by atoms with Crippen LogP contribution in [0, 0.1) is 13.8 Å². The summed E-state index contributed by atoms with van der Waals surface area (Å²) in [5.41, 5.74) is 2.72. The predicted molar refractivity (Wildman–Crippen MR) is 31.5 cm³/mol. The van der Waals surface area contributed by atoms with Crippen LogP contribution in [0.1, 0.15) is 11.1 Å². The third kappa shape index (κ3) is 5.57. The number of rotatable bonds is 0. The van der Waals surface area contributed by atoms with Crippen LogP contribution in [-0.4, -0.2) is 0 Å². The summed E-state index contributed by atoms with van der Waals surface area (Å²) in [5, 5.41) is 0. The first-order chi connectivity index (χ1) is 3.29. The van der Waals surface area contributed by atoms with Crippen LogP contribution in [0.3, 0.4) is 0 Å². The second-order valence-electron chi connectivity index (χ2n) is 1.97. The molecule has 0 amide bonds. The Morgan fingerprint density at radius 3 is 1.80 bits per heavy atom. The van der Waals surface area contributed by atoms with Gasteiger partial charge in [0.05, 0.1) is 0 Å². The third-order valence-corrected chi connectivity index (χ3v) is 1.06. The Kier molecular flexibility index (Phi) is 13.5. The van der Waals surface area contributed by atoms with Crippen LogP contribution in [0.2, 0.25) is 0 Å². The molecule has 0 radical (unpaired) electrons. The Hall–Kier alpha value is 0.800. The fourth-order valence-corrected chi connectivity index (χ4v) is 0.718. The van der Waals surface area contributed by atoms with E-state index in [1.54, 1.807) is 0 Å². The van der Waals surface area contributed by atoms with Gasteiger partial charge in [0.25, 0.3) is 0 Å². The molecule has 0 aliphatic heterocycles. The number of aryl methyl sites for hydroxylation is 2. The van der Waals surface area contributed by atoms with Gasteiger partial charge in [-0.15, -0.1) is 0 Å². The largest absolute Gasteiger partial charge is 1.00 e. The molecule has 58 valence electrons. The molecule has 0 aliphatic rings. The summed E-state index contributed by atoms with van der Waals surface area (Å²) in [5.74, 6) is 0. The van der Waals surface area contributed by atoms with Crippen molar-refractivity contribution in [1.82, 2.24) is 0 Å².